The number of carbonyl (C=O) groups excluding carboxylic acids is 1. The van der Waals surface area contributed by atoms with Crippen LogP contribution in [0.3, 0.4) is 0 Å². The van der Waals surface area contributed by atoms with E-state index in [1.807, 2.05) is 84.9 Å². The fourth-order valence-corrected chi connectivity index (χ4v) is 5.61. The summed E-state index contributed by atoms with van der Waals surface area (Å²) < 4.78 is 6.00. The fourth-order valence-electron chi connectivity index (χ4n) is 5.44. The molecule has 0 atom stereocenters. The van der Waals surface area contributed by atoms with E-state index in [4.69, 9.17) is 21.3 Å². The minimum absolute atomic E-state index is 0.00118. The first-order chi connectivity index (χ1) is 21.8. The summed E-state index contributed by atoms with van der Waals surface area (Å²) in [5, 5.41) is 12.4. The number of hydrogen-bond donors (Lipinski definition) is 2. The zero-order valence-electron chi connectivity index (χ0n) is 25.4. The Morgan fingerprint density at radius 2 is 1.67 bits per heavy atom. The summed E-state index contributed by atoms with van der Waals surface area (Å²) in [6.45, 7) is 4.56. The zero-order valence-corrected chi connectivity index (χ0v) is 26.2. The average molecular weight is 622 g/mol. The normalized spacial score (nSPS) is 14.5. The van der Waals surface area contributed by atoms with Crippen LogP contribution in [0.4, 0.5) is 11.4 Å². The number of aliphatic imine (C=N–C) groups is 1. The van der Waals surface area contributed by atoms with Crippen molar-refractivity contribution in [1.29, 1.82) is 0 Å². The molecule has 0 spiro atoms. The maximum absolute atomic E-state index is 13.0. The van der Waals surface area contributed by atoms with Gasteiger partial charge in [-0.2, -0.15) is 0 Å². The van der Waals surface area contributed by atoms with Crippen LogP contribution in [-0.4, -0.2) is 78.3 Å². The third-order valence-electron chi connectivity index (χ3n) is 8.16. The van der Waals surface area contributed by atoms with E-state index in [0.29, 0.717) is 40.7 Å². The molecule has 1 saturated heterocycles. The molecule has 2 heterocycles. The number of fused-ring (bicyclic) bond motifs is 1. The second-order valence-electron chi connectivity index (χ2n) is 11.3. The van der Waals surface area contributed by atoms with Crippen molar-refractivity contribution in [3.63, 3.8) is 0 Å². The number of nitrogens with one attached hydrogen (secondary N) is 1. The number of aromatic amines is 1. The molecule has 8 nitrogen and oxygen atoms in total. The Morgan fingerprint density at radius 1 is 0.956 bits per heavy atom. The predicted octanol–water partition coefficient (Wildman–Crippen LogP) is 6.49. The molecule has 1 amide bonds. The highest BCUT2D eigenvalue weighted by atomic mass is 35.5. The van der Waals surface area contributed by atoms with Gasteiger partial charge in [-0.1, -0.05) is 48.0 Å². The maximum atomic E-state index is 13.0. The molecule has 1 aliphatic rings. The summed E-state index contributed by atoms with van der Waals surface area (Å²) in [5.74, 6) is 0.778. The Labute approximate surface area is 268 Å². The van der Waals surface area contributed by atoms with Gasteiger partial charge in [0.05, 0.1) is 29.0 Å². The quantitative estimate of drug-likeness (QED) is 0.184. The molecular formula is C36H36ClN5O3. The topological polar surface area (TPSA) is 84.4 Å². The molecule has 6 rings (SSSR count). The first kappa shape index (κ1) is 30.4. The van der Waals surface area contributed by atoms with Gasteiger partial charge in [0.1, 0.15) is 12.4 Å². The molecule has 1 fully saturated rings. The van der Waals surface area contributed by atoms with Crippen LogP contribution >= 0.6 is 11.6 Å². The van der Waals surface area contributed by atoms with Crippen LogP contribution in [-0.2, 0) is 11.4 Å². The van der Waals surface area contributed by atoms with Crippen molar-refractivity contribution in [2.45, 2.75) is 6.61 Å². The number of hydrogen-bond acceptors (Lipinski definition) is 6. The van der Waals surface area contributed by atoms with E-state index >= 15 is 0 Å². The van der Waals surface area contributed by atoms with E-state index in [1.54, 1.807) is 24.1 Å². The Balaban J connectivity index is 1.27. The number of aromatic nitrogens is 1. The van der Waals surface area contributed by atoms with E-state index in [1.165, 1.54) is 0 Å². The number of nitrogens with zero attached hydrogens (tertiary/aromatic N) is 4. The number of halogens is 1. The molecule has 230 valence electrons. The van der Waals surface area contributed by atoms with Gasteiger partial charge in [0, 0.05) is 54.9 Å². The lowest BCUT2D eigenvalue weighted by atomic mass is 10.0. The van der Waals surface area contributed by atoms with Gasteiger partial charge in [-0.25, -0.2) is 4.99 Å². The van der Waals surface area contributed by atoms with E-state index in [2.05, 4.69) is 21.8 Å². The zero-order chi connectivity index (χ0) is 31.3. The summed E-state index contributed by atoms with van der Waals surface area (Å²) in [6.07, 6.45) is 0. The van der Waals surface area contributed by atoms with E-state index < -0.39 is 0 Å². The third-order valence-corrected chi connectivity index (χ3v) is 8.40. The molecular weight excluding hydrogens is 586 g/mol. The highest BCUT2D eigenvalue weighted by Gasteiger charge is 2.21. The second-order valence-corrected chi connectivity index (χ2v) is 11.8. The second kappa shape index (κ2) is 13.6. The molecule has 9 heteroatoms. The Kier molecular flexibility index (Phi) is 9.16. The predicted molar refractivity (Wildman–Crippen MR) is 181 cm³/mol. The van der Waals surface area contributed by atoms with Crippen molar-refractivity contribution in [3.05, 3.63) is 119 Å². The summed E-state index contributed by atoms with van der Waals surface area (Å²) >= 11 is 6.24. The van der Waals surface area contributed by atoms with Crippen molar-refractivity contribution < 1.29 is 14.6 Å². The molecule has 1 aromatic heterocycles. The number of aromatic hydroxyl groups is 1. The Bertz CT molecular complexity index is 1800. The molecule has 0 aliphatic carbocycles. The van der Waals surface area contributed by atoms with Crippen molar-refractivity contribution in [1.82, 2.24) is 14.8 Å². The van der Waals surface area contributed by atoms with Crippen LogP contribution in [0, 0.1) is 0 Å². The molecule has 0 bridgehead atoms. The number of amides is 1. The SMILES string of the molecule is CN1CCN(CC(=O)N(C)c2ccc(N=C(c3ccc(OCc4ccccc4)cc3)c3c(O)[nH]c4cc(Cl)ccc34)cc2)CC1. The third kappa shape index (κ3) is 7.20. The number of likely N-dealkylation sites (N-methyl/N-ethyl adjacent to an activating group) is 2. The Morgan fingerprint density at radius 3 is 2.38 bits per heavy atom. The van der Waals surface area contributed by atoms with Crippen LogP contribution in [0.2, 0.25) is 5.02 Å². The first-order valence-electron chi connectivity index (χ1n) is 15.0. The standard InChI is InChI=1S/C36H36ClN5O3/c1-40-18-20-42(21-19-40)23-33(43)41(2)29-13-11-28(12-14-29)38-35(34-31-17-10-27(37)22-32(31)39-36(34)44)26-8-15-30(16-9-26)45-24-25-6-4-3-5-7-25/h3-17,22,39,44H,18-21,23-24H2,1-2H3. The summed E-state index contributed by atoms with van der Waals surface area (Å²) in [4.78, 5) is 27.3. The van der Waals surface area contributed by atoms with Crippen LogP contribution < -0.4 is 9.64 Å². The van der Waals surface area contributed by atoms with Crippen molar-refractivity contribution >= 4 is 45.5 Å². The first-order valence-corrected chi connectivity index (χ1v) is 15.4. The van der Waals surface area contributed by atoms with Crippen LogP contribution in [0.25, 0.3) is 10.9 Å². The maximum Gasteiger partial charge on any atom is 0.240 e. The van der Waals surface area contributed by atoms with Gasteiger partial charge in [-0.05, 0) is 73.3 Å². The molecule has 45 heavy (non-hydrogen) atoms. The minimum atomic E-state index is 0.00118. The number of anilines is 1. The lowest BCUT2D eigenvalue weighted by Crippen LogP contribution is -2.48. The van der Waals surface area contributed by atoms with E-state index in [9.17, 15) is 9.90 Å². The number of carbonyl (C=O) groups is 1. The monoisotopic (exact) mass is 621 g/mol. The molecule has 0 radical (unpaired) electrons. The molecule has 1 aliphatic heterocycles. The molecule has 0 saturated carbocycles. The van der Waals surface area contributed by atoms with Crippen LogP contribution in [0.1, 0.15) is 16.7 Å². The van der Waals surface area contributed by atoms with Crippen molar-refractivity contribution in [2.24, 2.45) is 4.99 Å². The summed E-state index contributed by atoms with van der Waals surface area (Å²) in [7, 11) is 3.91. The van der Waals surface area contributed by atoms with Gasteiger partial charge in [-0.15, -0.1) is 0 Å². The number of rotatable bonds is 9. The highest BCUT2D eigenvalue weighted by Crippen LogP contribution is 2.33. The molecule has 0 unspecified atom stereocenters. The van der Waals surface area contributed by atoms with Gasteiger partial charge in [-0.3, -0.25) is 9.69 Å². The fraction of sp³-hybridized carbons (Fsp3) is 0.222. The van der Waals surface area contributed by atoms with Crippen molar-refractivity contribution in [3.8, 4) is 11.6 Å². The molecule has 5 aromatic rings. The van der Waals surface area contributed by atoms with E-state index in [0.717, 1.165) is 54.1 Å². The Hall–Kier alpha value is -4.63. The largest absolute Gasteiger partial charge is 0.494 e. The lowest BCUT2D eigenvalue weighted by Gasteiger charge is -2.32. The van der Waals surface area contributed by atoms with Crippen LogP contribution in [0.5, 0.6) is 11.6 Å². The lowest BCUT2D eigenvalue weighted by molar-refractivity contribution is -0.119. The number of benzene rings is 4. The van der Waals surface area contributed by atoms with Gasteiger partial charge in [0.25, 0.3) is 0 Å². The number of H-pyrrole nitrogens is 1. The number of piperazine rings is 1. The van der Waals surface area contributed by atoms with Gasteiger partial charge < -0.3 is 24.6 Å². The average Bonchev–Trinajstić information content (AvgIpc) is 3.38. The number of ether oxygens (including phenoxy) is 1. The van der Waals surface area contributed by atoms with Gasteiger partial charge in [0.2, 0.25) is 5.91 Å². The summed E-state index contributed by atoms with van der Waals surface area (Å²) in [6, 6.07) is 30.7. The van der Waals surface area contributed by atoms with E-state index in [-0.39, 0.29) is 11.8 Å². The smallest absolute Gasteiger partial charge is 0.240 e. The molecule has 4 aromatic carbocycles. The summed E-state index contributed by atoms with van der Waals surface area (Å²) in [5.41, 5.74) is 5.23. The molecule has 2 N–H and O–H groups in total. The minimum Gasteiger partial charge on any atom is -0.494 e. The highest BCUT2D eigenvalue weighted by molar-refractivity contribution is 6.31. The van der Waals surface area contributed by atoms with Gasteiger partial charge in [0.15, 0.2) is 5.88 Å². The van der Waals surface area contributed by atoms with Crippen molar-refractivity contribution in [2.75, 3.05) is 51.7 Å². The van der Waals surface area contributed by atoms with Gasteiger partial charge >= 0.3 is 0 Å². The van der Waals surface area contributed by atoms with Crippen LogP contribution in [0.15, 0.2) is 102 Å².